The number of nitrogens with one attached hydrogen (secondary N) is 2. The highest BCUT2D eigenvalue weighted by molar-refractivity contribution is 7.90. The second-order valence-electron chi connectivity index (χ2n) is 8.34. The summed E-state index contributed by atoms with van der Waals surface area (Å²) in [6.07, 6.45) is 13.9. The van der Waals surface area contributed by atoms with Gasteiger partial charge in [0.05, 0.1) is 11.9 Å². The van der Waals surface area contributed by atoms with E-state index in [1.807, 2.05) is 0 Å². The SMILES string of the molecule is CS(=O)(=O)CCNC(=O)c1cnc(NC(=O)N(C2CCCCC2)C2CCCCC2)s1. The van der Waals surface area contributed by atoms with Crippen molar-refractivity contribution >= 4 is 38.2 Å². The van der Waals surface area contributed by atoms with Gasteiger partial charge in [0.1, 0.15) is 14.7 Å². The van der Waals surface area contributed by atoms with Crippen molar-refractivity contribution in [3.8, 4) is 0 Å². The molecule has 10 heteroatoms. The number of thiazole rings is 1. The first kappa shape index (κ1) is 23.0. The van der Waals surface area contributed by atoms with Gasteiger partial charge in [-0.25, -0.2) is 18.2 Å². The largest absolute Gasteiger partial charge is 0.350 e. The second-order valence-corrected chi connectivity index (χ2v) is 11.6. The lowest BCUT2D eigenvalue weighted by Crippen LogP contribution is -2.50. The van der Waals surface area contributed by atoms with E-state index in [2.05, 4.69) is 20.5 Å². The van der Waals surface area contributed by atoms with Crippen LogP contribution in [-0.2, 0) is 9.84 Å². The lowest BCUT2D eigenvalue weighted by atomic mass is 9.89. The first-order valence-corrected chi connectivity index (χ1v) is 13.7. The summed E-state index contributed by atoms with van der Waals surface area (Å²) in [6, 6.07) is 0.438. The first-order chi connectivity index (χ1) is 14.3. The number of carbonyl (C=O) groups excluding carboxylic acids is 2. The summed E-state index contributed by atoms with van der Waals surface area (Å²) in [5.74, 6) is -0.494. The number of rotatable bonds is 7. The summed E-state index contributed by atoms with van der Waals surface area (Å²) in [6.45, 7) is 0.0500. The number of amides is 3. The molecule has 0 unspecified atom stereocenters. The van der Waals surface area contributed by atoms with Crippen molar-refractivity contribution < 1.29 is 18.0 Å². The average molecular weight is 457 g/mol. The predicted molar refractivity (Wildman–Crippen MR) is 119 cm³/mol. The number of carbonyl (C=O) groups is 2. The van der Waals surface area contributed by atoms with E-state index in [1.165, 1.54) is 19.0 Å². The van der Waals surface area contributed by atoms with Crippen LogP contribution in [0.4, 0.5) is 9.93 Å². The molecule has 2 aliphatic rings. The predicted octanol–water partition coefficient (Wildman–Crippen LogP) is 3.42. The maximum atomic E-state index is 13.2. The molecule has 1 aromatic heterocycles. The van der Waals surface area contributed by atoms with Crippen LogP contribution in [0.25, 0.3) is 0 Å². The number of anilines is 1. The summed E-state index contributed by atoms with van der Waals surface area (Å²) in [7, 11) is -3.13. The maximum absolute atomic E-state index is 13.2. The fourth-order valence-corrected chi connectivity index (χ4v) is 5.57. The highest BCUT2D eigenvalue weighted by Gasteiger charge is 2.33. The highest BCUT2D eigenvalue weighted by atomic mass is 32.2. The Morgan fingerprint density at radius 3 is 2.17 bits per heavy atom. The van der Waals surface area contributed by atoms with Crippen LogP contribution in [0.3, 0.4) is 0 Å². The van der Waals surface area contributed by atoms with Gasteiger partial charge in [0.15, 0.2) is 5.13 Å². The Hall–Kier alpha value is -1.68. The fourth-order valence-electron chi connectivity index (χ4n) is 4.38. The Balaban J connectivity index is 1.61. The van der Waals surface area contributed by atoms with Gasteiger partial charge in [0.2, 0.25) is 0 Å². The van der Waals surface area contributed by atoms with Gasteiger partial charge in [-0.2, -0.15) is 0 Å². The summed E-state index contributed by atoms with van der Waals surface area (Å²) >= 11 is 1.11. The van der Waals surface area contributed by atoms with Gasteiger partial charge in [-0.15, -0.1) is 0 Å². The van der Waals surface area contributed by atoms with Gasteiger partial charge in [0.25, 0.3) is 5.91 Å². The molecule has 1 aromatic rings. The molecule has 2 aliphatic carbocycles. The van der Waals surface area contributed by atoms with Crippen LogP contribution in [0, 0.1) is 0 Å². The molecule has 3 amide bonds. The minimum atomic E-state index is -3.13. The number of hydrogen-bond donors (Lipinski definition) is 2. The summed E-state index contributed by atoms with van der Waals surface area (Å²) in [4.78, 5) is 32.0. The second kappa shape index (κ2) is 10.6. The Kier molecular flexibility index (Phi) is 8.10. The minimum absolute atomic E-state index is 0.0500. The zero-order chi connectivity index (χ0) is 21.6. The molecule has 0 radical (unpaired) electrons. The molecule has 3 rings (SSSR count). The summed E-state index contributed by atoms with van der Waals surface area (Å²) in [5, 5.41) is 5.88. The molecule has 0 bridgehead atoms. The number of nitrogens with zero attached hydrogens (tertiary/aromatic N) is 2. The quantitative estimate of drug-likeness (QED) is 0.653. The fraction of sp³-hybridized carbons (Fsp3) is 0.750. The van der Waals surface area contributed by atoms with Gasteiger partial charge in [-0.05, 0) is 25.7 Å². The Morgan fingerprint density at radius 2 is 1.63 bits per heavy atom. The van der Waals surface area contributed by atoms with E-state index in [1.54, 1.807) is 0 Å². The molecule has 0 atom stereocenters. The van der Waals surface area contributed by atoms with Crippen LogP contribution < -0.4 is 10.6 Å². The number of sulfone groups is 1. The van der Waals surface area contributed by atoms with E-state index < -0.39 is 9.84 Å². The normalized spacial score (nSPS) is 18.7. The van der Waals surface area contributed by atoms with Crippen molar-refractivity contribution in [2.24, 2.45) is 0 Å². The van der Waals surface area contributed by atoms with E-state index >= 15 is 0 Å². The van der Waals surface area contributed by atoms with Crippen molar-refractivity contribution in [3.63, 3.8) is 0 Å². The van der Waals surface area contributed by atoms with Gasteiger partial charge >= 0.3 is 6.03 Å². The Labute approximate surface area is 182 Å². The molecule has 30 heavy (non-hydrogen) atoms. The van der Waals surface area contributed by atoms with Gasteiger partial charge in [-0.3, -0.25) is 10.1 Å². The van der Waals surface area contributed by atoms with Crippen molar-refractivity contribution in [1.82, 2.24) is 15.2 Å². The van der Waals surface area contributed by atoms with Crippen LogP contribution in [0.1, 0.15) is 73.9 Å². The highest BCUT2D eigenvalue weighted by Crippen LogP contribution is 2.31. The van der Waals surface area contributed by atoms with Crippen LogP contribution in [0.5, 0.6) is 0 Å². The Morgan fingerprint density at radius 1 is 1.07 bits per heavy atom. The molecule has 168 valence electrons. The smallest absolute Gasteiger partial charge is 0.324 e. The third-order valence-corrected chi connectivity index (χ3v) is 7.73. The molecule has 0 saturated heterocycles. The van der Waals surface area contributed by atoms with E-state index in [4.69, 9.17) is 0 Å². The third-order valence-electron chi connectivity index (χ3n) is 5.87. The van der Waals surface area contributed by atoms with E-state index in [0.717, 1.165) is 69.0 Å². The van der Waals surface area contributed by atoms with Crippen LogP contribution in [-0.4, -0.2) is 60.9 Å². The van der Waals surface area contributed by atoms with Crippen LogP contribution in [0.2, 0.25) is 0 Å². The third kappa shape index (κ3) is 6.66. The standard InChI is InChI=1S/C20H32N4O4S2/c1-30(27,28)13-12-21-18(25)17-14-22-19(29-17)23-20(26)24(15-8-4-2-5-9-15)16-10-6-3-7-11-16/h14-16H,2-13H2,1H3,(H,21,25)(H,22,23,26). The van der Waals surface area contributed by atoms with Gasteiger partial charge in [-0.1, -0.05) is 49.9 Å². The van der Waals surface area contributed by atoms with E-state index in [9.17, 15) is 18.0 Å². The monoisotopic (exact) mass is 456 g/mol. The molecule has 0 aromatic carbocycles. The van der Waals surface area contributed by atoms with E-state index in [0.29, 0.717) is 10.0 Å². The summed E-state index contributed by atoms with van der Waals surface area (Å²) < 4.78 is 22.4. The lowest BCUT2D eigenvalue weighted by Gasteiger charge is -2.41. The topological polar surface area (TPSA) is 108 Å². The molecular formula is C20H32N4O4S2. The summed E-state index contributed by atoms with van der Waals surface area (Å²) in [5.41, 5.74) is 0. The molecular weight excluding hydrogens is 424 g/mol. The first-order valence-electron chi connectivity index (χ1n) is 10.8. The van der Waals surface area contributed by atoms with E-state index in [-0.39, 0.29) is 36.3 Å². The van der Waals surface area contributed by atoms with Crippen LogP contribution >= 0.6 is 11.3 Å². The molecule has 1 heterocycles. The van der Waals surface area contributed by atoms with Gasteiger partial charge < -0.3 is 10.2 Å². The lowest BCUT2D eigenvalue weighted by molar-refractivity contribution is 0.0959. The molecule has 0 aliphatic heterocycles. The zero-order valence-corrected chi connectivity index (χ0v) is 19.2. The molecule has 8 nitrogen and oxygen atoms in total. The minimum Gasteiger partial charge on any atom is -0.350 e. The average Bonchev–Trinajstić information content (AvgIpc) is 3.17. The molecule has 2 N–H and O–H groups in total. The van der Waals surface area contributed by atoms with Crippen molar-refractivity contribution in [1.29, 1.82) is 0 Å². The van der Waals surface area contributed by atoms with Crippen LogP contribution in [0.15, 0.2) is 6.20 Å². The number of urea groups is 1. The van der Waals surface area contributed by atoms with Crippen molar-refractivity contribution in [2.45, 2.75) is 76.3 Å². The zero-order valence-electron chi connectivity index (χ0n) is 17.6. The van der Waals surface area contributed by atoms with Crippen molar-refractivity contribution in [3.05, 3.63) is 11.1 Å². The number of hydrogen-bond acceptors (Lipinski definition) is 6. The van der Waals surface area contributed by atoms with Crippen molar-refractivity contribution in [2.75, 3.05) is 23.9 Å². The number of aromatic nitrogens is 1. The molecule has 0 spiro atoms. The Bertz CT molecular complexity index is 810. The maximum Gasteiger partial charge on any atom is 0.324 e. The molecule has 2 fully saturated rings. The van der Waals surface area contributed by atoms with Gasteiger partial charge in [0, 0.05) is 24.9 Å². The molecule has 2 saturated carbocycles.